The van der Waals surface area contributed by atoms with Crippen LogP contribution in [0.1, 0.15) is 68.9 Å². The molecule has 202 valence electrons. The average molecular weight is 538 g/mol. The van der Waals surface area contributed by atoms with E-state index in [4.69, 9.17) is 14.5 Å². The van der Waals surface area contributed by atoms with Crippen molar-refractivity contribution in [3.05, 3.63) is 83.0 Å². The van der Waals surface area contributed by atoms with Gasteiger partial charge in [0.2, 0.25) is 0 Å². The van der Waals surface area contributed by atoms with Crippen molar-refractivity contribution in [1.82, 2.24) is 5.16 Å². The zero-order valence-electron chi connectivity index (χ0n) is 21.7. The van der Waals surface area contributed by atoms with Crippen molar-refractivity contribution < 1.29 is 28.8 Å². The van der Waals surface area contributed by atoms with Gasteiger partial charge < -0.3 is 19.7 Å². The van der Waals surface area contributed by atoms with Crippen molar-refractivity contribution >= 4 is 34.3 Å². The van der Waals surface area contributed by atoms with Crippen LogP contribution in [-0.4, -0.2) is 41.1 Å². The zero-order valence-corrected chi connectivity index (χ0v) is 21.7. The van der Waals surface area contributed by atoms with Gasteiger partial charge in [-0.05, 0) is 73.1 Å². The number of nitrogens with zero attached hydrogens (tertiary/aromatic N) is 2. The topological polar surface area (TPSA) is 143 Å². The molecule has 9 heteroatoms. The first-order chi connectivity index (χ1) is 19.4. The maximum absolute atomic E-state index is 13.0. The van der Waals surface area contributed by atoms with Gasteiger partial charge in [-0.15, -0.1) is 0 Å². The number of anilines is 1. The van der Waals surface area contributed by atoms with Crippen molar-refractivity contribution in [2.75, 3.05) is 18.5 Å². The minimum Gasteiger partial charge on any atom is -0.478 e. The van der Waals surface area contributed by atoms with Gasteiger partial charge in [-0.1, -0.05) is 35.5 Å². The van der Waals surface area contributed by atoms with Crippen LogP contribution >= 0.6 is 0 Å². The van der Waals surface area contributed by atoms with Crippen LogP contribution in [0.2, 0.25) is 0 Å². The van der Waals surface area contributed by atoms with Crippen LogP contribution < -0.4 is 5.32 Å². The second kappa shape index (κ2) is 11.9. The number of Topliss-reactive ketones (excluding diaryl/α,β-unsaturated/α-hetero) is 1. The fraction of sp³-hybridized carbons (Fsp3) is 0.258. The molecule has 5 rings (SSSR count). The lowest BCUT2D eigenvalue weighted by atomic mass is 9.92. The maximum atomic E-state index is 13.0. The molecular weight excluding hydrogens is 510 g/mol. The molecule has 1 aromatic heterocycles. The summed E-state index contributed by atoms with van der Waals surface area (Å²) < 4.78 is 10.8. The quantitative estimate of drug-likeness (QED) is 0.257. The van der Waals surface area contributed by atoms with E-state index in [9.17, 15) is 19.5 Å². The molecule has 0 saturated carbocycles. The highest BCUT2D eigenvalue weighted by atomic mass is 16.5. The molecule has 9 nitrogen and oxygen atoms in total. The number of nitrogens with one attached hydrogen (secondary N) is 1. The number of aromatic nitrogens is 1. The molecular formula is C31H27N3O6. The largest absolute Gasteiger partial charge is 0.478 e. The van der Waals surface area contributed by atoms with E-state index in [0.29, 0.717) is 28.9 Å². The predicted octanol–water partition coefficient (Wildman–Crippen LogP) is 6.10. The SMILES string of the molecule is N#Cc1ccc(NC(=O)c2noc3ccc(-c4ccc(C(=O)CCC5CCCOCC5)cc4)cc23)c(C(=O)O)c1. The van der Waals surface area contributed by atoms with E-state index in [-0.39, 0.29) is 28.3 Å². The third-order valence-electron chi connectivity index (χ3n) is 7.20. The van der Waals surface area contributed by atoms with Crippen LogP contribution in [0.15, 0.2) is 65.2 Å². The van der Waals surface area contributed by atoms with E-state index in [1.807, 2.05) is 36.4 Å². The lowest BCUT2D eigenvalue weighted by Gasteiger charge is -2.12. The van der Waals surface area contributed by atoms with Gasteiger partial charge in [0.05, 0.1) is 28.3 Å². The van der Waals surface area contributed by atoms with Gasteiger partial charge in [-0.2, -0.15) is 5.26 Å². The molecule has 0 aliphatic carbocycles. The number of rotatable bonds is 8. The second-order valence-electron chi connectivity index (χ2n) is 9.82. The van der Waals surface area contributed by atoms with E-state index in [1.165, 1.54) is 18.2 Å². The van der Waals surface area contributed by atoms with Crippen LogP contribution in [0.3, 0.4) is 0 Å². The fourth-order valence-electron chi connectivity index (χ4n) is 4.95. The summed E-state index contributed by atoms with van der Waals surface area (Å²) >= 11 is 0. The minimum absolute atomic E-state index is 0.00624. The molecule has 0 spiro atoms. The number of carboxylic acids is 1. The Hall–Kier alpha value is -4.81. The first-order valence-corrected chi connectivity index (χ1v) is 13.1. The fourth-order valence-corrected chi connectivity index (χ4v) is 4.95. The first-order valence-electron chi connectivity index (χ1n) is 13.1. The van der Waals surface area contributed by atoms with Crippen LogP contribution in [0.5, 0.6) is 0 Å². The first kappa shape index (κ1) is 26.8. The number of benzene rings is 3. The summed E-state index contributed by atoms with van der Waals surface area (Å²) in [5.74, 6) is -1.28. The van der Waals surface area contributed by atoms with E-state index < -0.39 is 11.9 Å². The van der Waals surface area contributed by atoms with Gasteiger partial charge in [0.1, 0.15) is 0 Å². The van der Waals surface area contributed by atoms with Crippen LogP contribution in [-0.2, 0) is 4.74 Å². The highest BCUT2D eigenvalue weighted by Gasteiger charge is 2.20. The second-order valence-corrected chi connectivity index (χ2v) is 9.82. The molecule has 3 aromatic carbocycles. The Kier molecular flexibility index (Phi) is 7.99. The number of ketones is 1. The highest BCUT2D eigenvalue weighted by molar-refractivity contribution is 6.13. The Balaban J connectivity index is 1.31. The normalized spacial score (nSPS) is 15.2. The van der Waals surface area contributed by atoms with Crippen molar-refractivity contribution in [1.29, 1.82) is 5.26 Å². The van der Waals surface area contributed by atoms with Crippen LogP contribution in [0, 0.1) is 17.2 Å². The van der Waals surface area contributed by atoms with E-state index in [2.05, 4.69) is 10.5 Å². The summed E-state index contributed by atoms with van der Waals surface area (Å²) in [6.45, 7) is 1.58. The molecule has 1 atom stereocenters. The maximum Gasteiger partial charge on any atom is 0.337 e. The lowest BCUT2D eigenvalue weighted by molar-refractivity contribution is 0.0697. The van der Waals surface area contributed by atoms with Gasteiger partial charge in [0.25, 0.3) is 5.91 Å². The standard InChI is InChI=1S/C31H27N3O6/c32-18-20-3-10-26(24(16-20)31(37)38)33-30(36)29-25-17-23(9-12-28(25)40-34-29)21-5-7-22(8-6-21)27(35)11-4-19-2-1-14-39-15-13-19/h3,5-10,12,16-17,19H,1-2,4,11,13-15H2,(H,33,36)(H,37,38). The van der Waals surface area contributed by atoms with Gasteiger partial charge >= 0.3 is 5.97 Å². The third-order valence-corrected chi connectivity index (χ3v) is 7.20. The monoisotopic (exact) mass is 537 g/mol. The number of hydrogen-bond acceptors (Lipinski definition) is 7. The summed E-state index contributed by atoms with van der Waals surface area (Å²) in [5.41, 5.74) is 2.69. The number of hydrogen-bond donors (Lipinski definition) is 2. The number of ether oxygens (including phenoxy) is 1. The number of carbonyl (C=O) groups excluding carboxylic acids is 2. The molecule has 4 aromatic rings. The third kappa shape index (κ3) is 5.92. The summed E-state index contributed by atoms with van der Waals surface area (Å²) in [6.07, 6.45) is 4.54. The Morgan fingerprint density at radius 2 is 1.80 bits per heavy atom. The van der Waals surface area contributed by atoms with E-state index in [0.717, 1.165) is 50.0 Å². The summed E-state index contributed by atoms with van der Waals surface area (Å²) in [5, 5.41) is 25.5. The van der Waals surface area contributed by atoms with Gasteiger partial charge in [-0.3, -0.25) is 9.59 Å². The molecule has 2 heterocycles. The minimum atomic E-state index is -1.28. The number of fused-ring (bicyclic) bond motifs is 1. The zero-order chi connectivity index (χ0) is 28.1. The Morgan fingerprint density at radius 3 is 2.58 bits per heavy atom. The molecule has 40 heavy (non-hydrogen) atoms. The van der Waals surface area contributed by atoms with E-state index in [1.54, 1.807) is 12.1 Å². The predicted molar refractivity (Wildman–Crippen MR) is 147 cm³/mol. The Bertz CT molecular complexity index is 1610. The number of amides is 1. The summed E-state index contributed by atoms with van der Waals surface area (Å²) in [7, 11) is 0. The van der Waals surface area contributed by atoms with Crippen molar-refractivity contribution in [3.63, 3.8) is 0 Å². The molecule has 1 aliphatic rings. The van der Waals surface area contributed by atoms with Crippen LogP contribution in [0.25, 0.3) is 22.1 Å². The number of aromatic carboxylic acids is 1. The molecule has 0 radical (unpaired) electrons. The number of carboxylic acid groups (broad SMARTS) is 1. The van der Waals surface area contributed by atoms with Crippen molar-refractivity contribution in [2.45, 2.75) is 32.1 Å². The molecule has 1 unspecified atom stereocenters. The molecule has 2 N–H and O–H groups in total. The Labute approximate surface area is 230 Å². The van der Waals surface area contributed by atoms with Gasteiger partial charge in [0.15, 0.2) is 17.1 Å². The highest BCUT2D eigenvalue weighted by Crippen LogP contribution is 2.29. The average Bonchev–Trinajstić information content (AvgIpc) is 3.22. The molecule has 1 aliphatic heterocycles. The number of carbonyl (C=O) groups is 3. The van der Waals surface area contributed by atoms with Crippen molar-refractivity contribution in [2.24, 2.45) is 5.92 Å². The smallest absolute Gasteiger partial charge is 0.337 e. The summed E-state index contributed by atoms with van der Waals surface area (Å²) in [4.78, 5) is 37.5. The van der Waals surface area contributed by atoms with Gasteiger partial charge in [-0.25, -0.2) is 4.79 Å². The Morgan fingerprint density at radius 1 is 1.00 bits per heavy atom. The van der Waals surface area contributed by atoms with E-state index >= 15 is 0 Å². The lowest BCUT2D eigenvalue weighted by Crippen LogP contribution is -2.15. The molecule has 1 fully saturated rings. The van der Waals surface area contributed by atoms with Crippen molar-refractivity contribution in [3.8, 4) is 17.2 Å². The van der Waals surface area contributed by atoms with Crippen LogP contribution in [0.4, 0.5) is 5.69 Å². The molecule has 0 bridgehead atoms. The summed E-state index contributed by atoms with van der Waals surface area (Å²) in [6, 6.07) is 18.5. The number of nitriles is 1. The molecule has 1 amide bonds. The molecule has 1 saturated heterocycles. The van der Waals surface area contributed by atoms with Gasteiger partial charge in [0, 0.05) is 25.2 Å².